The first-order valence-electron chi connectivity index (χ1n) is 10.6. The molecule has 0 bridgehead atoms. The van der Waals surface area contributed by atoms with Crippen molar-refractivity contribution in [1.29, 1.82) is 0 Å². The summed E-state index contributed by atoms with van der Waals surface area (Å²) in [7, 11) is 4.64. The average molecular weight is 500 g/mol. The number of ether oxygens (including phenoxy) is 1. The standard InChI is InChI=1S/C24H29N5O3S2/c1-13-8-10-17(11-9-13)12-29-16(4)19(15(3)27-29)25-24(33)26-21-18(23(31)32-7)14(2)20(34-21)22(30)28(5)6/h8-11H,12H2,1-7H3,(H2,25,26,33). The number of hydrogen-bond donors (Lipinski definition) is 2. The van der Waals surface area contributed by atoms with Crippen LogP contribution in [0, 0.1) is 27.7 Å². The number of aryl methyl sites for hydroxylation is 2. The number of methoxy groups -OCH3 is 1. The molecule has 34 heavy (non-hydrogen) atoms. The monoisotopic (exact) mass is 499 g/mol. The predicted octanol–water partition coefficient (Wildman–Crippen LogP) is 4.52. The van der Waals surface area contributed by atoms with E-state index in [1.807, 2.05) is 18.5 Å². The zero-order valence-electron chi connectivity index (χ0n) is 20.4. The van der Waals surface area contributed by atoms with Crippen molar-refractivity contribution in [2.45, 2.75) is 34.2 Å². The number of benzene rings is 1. The van der Waals surface area contributed by atoms with Crippen molar-refractivity contribution in [2.24, 2.45) is 0 Å². The average Bonchev–Trinajstić information content (AvgIpc) is 3.24. The van der Waals surface area contributed by atoms with Crippen LogP contribution in [0.3, 0.4) is 0 Å². The van der Waals surface area contributed by atoms with Gasteiger partial charge in [-0.3, -0.25) is 9.48 Å². The maximum Gasteiger partial charge on any atom is 0.341 e. The van der Waals surface area contributed by atoms with Crippen molar-refractivity contribution >= 4 is 51.2 Å². The van der Waals surface area contributed by atoms with Gasteiger partial charge in [0.15, 0.2) is 5.11 Å². The molecule has 0 aliphatic rings. The molecular formula is C24H29N5O3S2. The largest absolute Gasteiger partial charge is 0.465 e. The van der Waals surface area contributed by atoms with Crippen LogP contribution in [0.15, 0.2) is 24.3 Å². The molecule has 2 N–H and O–H groups in total. The van der Waals surface area contributed by atoms with Crippen LogP contribution in [0.4, 0.5) is 10.7 Å². The SMILES string of the molecule is COC(=O)c1c(NC(=S)Nc2c(C)nn(Cc3ccc(C)cc3)c2C)sc(C(=O)N(C)C)c1C. The van der Waals surface area contributed by atoms with E-state index in [0.29, 0.717) is 27.5 Å². The number of hydrogen-bond acceptors (Lipinski definition) is 6. The Morgan fingerprint density at radius 1 is 1.12 bits per heavy atom. The molecule has 0 aliphatic carbocycles. The van der Waals surface area contributed by atoms with E-state index in [2.05, 4.69) is 46.9 Å². The first-order valence-corrected chi connectivity index (χ1v) is 11.9. The van der Waals surface area contributed by atoms with Gasteiger partial charge in [-0.2, -0.15) is 5.10 Å². The number of nitrogens with zero attached hydrogens (tertiary/aromatic N) is 3. The molecule has 1 amide bonds. The van der Waals surface area contributed by atoms with Crippen molar-refractivity contribution < 1.29 is 14.3 Å². The van der Waals surface area contributed by atoms with Gasteiger partial charge in [0, 0.05) is 14.1 Å². The predicted molar refractivity (Wildman–Crippen MR) is 140 cm³/mol. The van der Waals surface area contributed by atoms with Crippen molar-refractivity contribution in [3.8, 4) is 0 Å². The van der Waals surface area contributed by atoms with E-state index in [9.17, 15) is 9.59 Å². The minimum absolute atomic E-state index is 0.191. The first kappa shape index (κ1) is 25.4. The highest BCUT2D eigenvalue weighted by molar-refractivity contribution is 7.80. The van der Waals surface area contributed by atoms with Gasteiger partial charge in [0.1, 0.15) is 5.00 Å². The van der Waals surface area contributed by atoms with Crippen LogP contribution < -0.4 is 10.6 Å². The fraction of sp³-hybridized carbons (Fsp3) is 0.333. The lowest BCUT2D eigenvalue weighted by molar-refractivity contribution is 0.0601. The minimum Gasteiger partial charge on any atom is -0.465 e. The molecule has 3 aromatic rings. The fourth-order valence-corrected chi connectivity index (χ4v) is 4.99. The molecule has 2 aromatic heterocycles. The molecule has 0 saturated heterocycles. The number of carbonyl (C=O) groups is 2. The molecule has 8 nitrogen and oxygen atoms in total. The first-order chi connectivity index (χ1) is 16.0. The van der Waals surface area contributed by atoms with Gasteiger partial charge in [0.25, 0.3) is 5.91 Å². The summed E-state index contributed by atoms with van der Waals surface area (Å²) in [6.45, 7) is 8.31. The van der Waals surface area contributed by atoms with Gasteiger partial charge in [0.05, 0.1) is 41.2 Å². The number of thiophene rings is 1. The van der Waals surface area contributed by atoms with Crippen LogP contribution in [0.1, 0.15) is 48.1 Å². The zero-order valence-corrected chi connectivity index (χ0v) is 22.0. The Morgan fingerprint density at radius 2 is 1.76 bits per heavy atom. The Bertz CT molecular complexity index is 1240. The number of nitrogens with one attached hydrogen (secondary N) is 2. The topological polar surface area (TPSA) is 88.5 Å². The van der Waals surface area contributed by atoms with Crippen LogP contribution in [-0.2, 0) is 11.3 Å². The molecule has 10 heteroatoms. The third kappa shape index (κ3) is 5.28. The lowest BCUT2D eigenvalue weighted by atomic mass is 10.1. The number of anilines is 2. The molecule has 0 unspecified atom stereocenters. The number of amides is 1. The third-order valence-electron chi connectivity index (χ3n) is 5.44. The van der Waals surface area contributed by atoms with Crippen molar-refractivity contribution in [1.82, 2.24) is 14.7 Å². The number of rotatable bonds is 6. The van der Waals surface area contributed by atoms with E-state index in [-0.39, 0.29) is 11.0 Å². The van der Waals surface area contributed by atoms with Gasteiger partial charge in [-0.25, -0.2) is 4.79 Å². The van der Waals surface area contributed by atoms with Crippen molar-refractivity contribution in [3.63, 3.8) is 0 Å². The Kier molecular flexibility index (Phi) is 7.73. The molecular weight excluding hydrogens is 470 g/mol. The molecule has 0 atom stereocenters. The van der Waals surface area contributed by atoms with Gasteiger partial charge < -0.3 is 20.3 Å². The van der Waals surface area contributed by atoms with Crippen molar-refractivity contribution in [2.75, 3.05) is 31.8 Å². The van der Waals surface area contributed by atoms with Crippen molar-refractivity contribution in [3.05, 3.63) is 62.8 Å². The summed E-state index contributed by atoms with van der Waals surface area (Å²) in [5, 5.41) is 11.7. The molecule has 1 aromatic carbocycles. The smallest absolute Gasteiger partial charge is 0.341 e. The third-order valence-corrected chi connectivity index (χ3v) is 6.84. The molecule has 2 heterocycles. The second-order valence-corrected chi connectivity index (χ2v) is 9.65. The lowest BCUT2D eigenvalue weighted by Gasteiger charge is -2.11. The molecule has 3 rings (SSSR count). The quantitative estimate of drug-likeness (QED) is 0.381. The summed E-state index contributed by atoms with van der Waals surface area (Å²) in [6.07, 6.45) is 0. The normalized spacial score (nSPS) is 10.7. The van der Waals surface area contributed by atoms with E-state index in [1.165, 1.54) is 28.9 Å². The Balaban J connectivity index is 1.84. The van der Waals surface area contributed by atoms with Crippen LogP contribution in [0.2, 0.25) is 0 Å². The highest BCUT2D eigenvalue weighted by atomic mass is 32.1. The number of thiocarbonyl (C=S) groups is 1. The van der Waals surface area contributed by atoms with Crippen LogP contribution >= 0.6 is 23.6 Å². The van der Waals surface area contributed by atoms with Gasteiger partial charge in [-0.15, -0.1) is 11.3 Å². The summed E-state index contributed by atoms with van der Waals surface area (Å²) in [5.74, 6) is -0.723. The second kappa shape index (κ2) is 10.4. The van der Waals surface area contributed by atoms with E-state index in [1.54, 1.807) is 21.0 Å². The fourth-order valence-electron chi connectivity index (χ4n) is 3.50. The Morgan fingerprint density at radius 3 is 2.35 bits per heavy atom. The minimum atomic E-state index is -0.532. The summed E-state index contributed by atoms with van der Waals surface area (Å²) in [5.41, 5.74) is 5.74. The molecule has 0 saturated carbocycles. The molecule has 0 radical (unpaired) electrons. The molecule has 180 valence electrons. The summed E-state index contributed by atoms with van der Waals surface area (Å²) < 4.78 is 6.87. The van der Waals surface area contributed by atoms with Crippen LogP contribution in [0.5, 0.6) is 0 Å². The molecule has 0 fully saturated rings. The Labute approximate surface area is 208 Å². The number of carbonyl (C=O) groups excluding carboxylic acids is 2. The molecule has 0 aliphatic heterocycles. The zero-order chi connectivity index (χ0) is 25.2. The van der Waals surface area contributed by atoms with Crippen LogP contribution in [0.25, 0.3) is 0 Å². The summed E-state index contributed by atoms with van der Waals surface area (Å²) in [4.78, 5) is 26.9. The summed E-state index contributed by atoms with van der Waals surface area (Å²) >= 11 is 6.71. The number of esters is 1. The van der Waals surface area contributed by atoms with Crippen LogP contribution in [-0.4, -0.2) is 52.9 Å². The van der Waals surface area contributed by atoms with E-state index in [4.69, 9.17) is 17.0 Å². The maximum atomic E-state index is 12.6. The lowest BCUT2D eigenvalue weighted by Crippen LogP contribution is -2.21. The van der Waals surface area contributed by atoms with Gasteiger partial charge in [0.2, 0.25) is 0 Å². The van der Waals surface area contributed by atoms with Gasteiger partial charge in [-0.1, -0.05) is 29.8 Å². The van der Waals surface area contributed by atoms with E-state index < -0.39 is 5.97 Å². The highest BCUT2D eigenvalue weighted by Crippen LogP contribution is 2.34. The van der Waals surface area contributed by atoms with Gasteiger partial charge in [-0.05, 0) is 51.0 Å². The summed E-state index contributed by atoms with van der Waals surface area (Å²) in [6, 6.07) is 8.34. The van der Waals surface area contributed by atoms with Gasteiger partial charge >= 0.3 is 5.97 Å². The Hall–Kier alpha value is -3.24. The molecule has 0 spiro atoms. The highest BCUT2D eigenvalue weighted by Gasteiger charge is 2.27. The second-order valence-electron chi connectivity index (χ2n) is 8.22. The maximum absolute atomic E-state index is 12.6. The van der Waals surface area contributed by atoms with E-state index >= 15 is 0 Å². The van der Waals surface area contributed by atoms with E-state index in [0.717, 1.165) is 22.6 Å². The number of aromatic nitrogens is 2.